The summed E-state index contributed by atoms with van der Waals surface area (Å²) in [5.41, 5.74) is 2.52. The Morgan fingerprint density at radius 3 is 2.45 bits per heavy atom. The van der Waals surface area contributed by atoms with Crippen molar-refractivity contribution in [2.24, 2.45) is 0 Å². The van der Waals surface area contributed by atoms with Crippen molar-refractivity contribution < 1.29 is 26.8 Å². The molecule has 0 radical (unpaired) electrons. The number of amides is 1. The highest BCUT2D eigenvalue weighted by Crippen LogP contribution is 2.38. The van der Waals surface area contributed by atoms with Crippen molar-refractivity contribution in [1.29, 1.82) is 0 Å². The Bertz CT molecular complexity index is 1670. The average molecular weight is 564 g/mol. The van der Waals surface area contributed by atoms with Gasteiger partial charge in [0.25, 0.3) is 5.91 Å². The van der Waals surface area contributed by atoms with E-state index in [0.29, 0.717) is 22.1 Å². The molecular formula is C30H30FN3O5S. The SMILES string of the molecule is C=C[C@@H](CN(c1nc2oc(-c3ccc(F)cc3)c(C(=O)NC)c2cc1C(=C)C)S(C)(=O)=O)OCc1ccccc1. The van der Waals surface area contributed by atoms with Crippen LogP contribution in [0.5, 0.6) is 0 Å². The van der Waals surface area contributed by atoms with Crippen LogP contribution < -0.4 is 9.62 Å². The number of fused-ring (bicyclic) bond motifs is 1. The molecule has 0 unspecified atom stereocenters. The second-order valence-electron chi connectivity index (χ2n) is 9.25. The molecule has 2 aromatic heterocycles. The summed E-state index contributed by atoms with van der Waals surface area (Å²) in [6.45, 7) is 9.69. The van der Waals surface area contributed by atoms with Crippen LogP contribution in [0.25, 0.3) is 28.0 Å². The topological polar surface area (TPSA) is 102 Å². The third-order valence-corrected chi connectivity index (χ3v) is 7.36. The number of nitrogens with one attached hydrogen (secondary N) is 1. The molecule has 0 bridgehead atoms. The van der Waals surface area contributed by atoms with Crippen molar-refractivity contribution in [3.63, 3.8) is 0 Å². The predicted molar refractivity (Wildman–Crippen MR) is 155 cm³/mol. The van der Waals surface area contributed by atoms with Gasteiger partial charge in [0, 0.05) is 18.2 Å². The lowest BCUT2D eigenvalue weighted by atomic mass is 10.0. The molecule has 0 aliphatic heterocycles. The molecule has 8 nitrogen and oxygen atoms in total. The minimum Gasteiger partial charge on any atom is -0.437 e. The molecule has 1 amide bonds. The number of pyridine rings is 1. The fourth-order valence-corrected chi connectivity index (χ4v) is 5.06. The molecule has 0 fully saturated rings. The number of aromatic nitrogens is 1. The number of hydrogen-bond donors (Lipinski definition) is 1. The number of rotatable bonds is 11. The van der Waals surface area contributed by atoms with Gasteiger partial charge in [0.05, 0.1) is 36.5 Å². The Morgan fingerprint density at radius 1 is 1.20 bits per heavy atom. The van der Waals surface area contributed by atoms with E-state index in [1.54, 1.807) is 13.0 Å². The molecule has 4 rings (SSSR count). The van der Waals surface area contributed by atoms with Crippen LogP contribution in [0.3, 0.4) is 0 Å². The number of benzene rings is 2. The fraction of sp³-hybridized carbons (Fsp3) is 0.200. The summed E-state index contributed by atoms with van der Waals surface area (Å²) in [7, 11) is -2.39. The minimum absolute atomic E-state index is 0.0342. The number of allylic oxidation sites excluding steroid dienone is 1. The molecule has 0 saturated heterocycles. The van der Waals surface area contributed by atoms with E-state index in [2.05, 4.69) is 23.5 Å². The minimum atomic E-state index is -3.87. The first-order valence-electron chi connectivity index (χ1n) is 12.4. The van der Waals surface area contributed by atoms with Crippen LogP contribution in [0.1, 0.15) is 28.4 Å². The van der Waals surface area contributed by atoms with Crippen molar-refractivity contribution in [2.45, 2.75) is 19.6 Å². The lowest BCUT2D eigenvalue weighted by Crippen LogP contribution is -2.38. The highest BCUT2D eigenvalue weighted by atomic mass is 32.2. The van der Waals surface area contributed by atoms with Crippen LogP contribution in [0.15, 0.2) is 84.3 Å². The number of hydrogen-bond acceptors (Lipinski definition) is 6. The zero-order chi connectivity index (χ0) is 29.0. The van der Waals surface area contributed by atoms with Gasteiger partial charge in [0.2, 0.25) is 15.7 Å². The first kappa shape index (κ1) is 28.7. The van der Waals surface area contributed by atoms with Gasteiger partial charge in [-0.15, -0.1) is 6.58 Å². The Balaban J connectivity index is 1.84. The largest absolute Gasteiger partial charge is 0.437 e. The molecule has 10 heteroatoms. The van der Waals surface area contributed by atoms with Crippen LogP contribution in [0.2, 0.25) is 0 Å². The quantitative estimate of drug-likeness (QED) is 0.240. The zero-order valence-electron chi connectivity index (χ0n) is 22.5. The summed E-state index contributed by atoms with van der Waals surface area (Å²) in [5, 5.41) is 2.95. The lowest BCUT2D eigenvalue weighted by Gasteiger charge is -2.27. The van der Waals surface area contributed by atoms with Gasteiger partial charge in [-0.05, 0) is 48.4 Å². The van der Waals surface area contributed by atoms with E-state index in [1.807, 2.05) is 30.3 Å². The maximum absolute atomic E-state index is 13.6. The molecule has 40 heavy (non-hydrogen) atoms. The summed E-state index contributed by atoms with van der Waals surface area (Å²) in [5.74, 6) is -0.643. The third-order valence-electron chi connectivity index (χ3n) is 6.24. The van der Waals surface area contributed by atoms with Gasteiger partial charge in [-0.2, -0.15) is 4.98 Å². The number of furan rings is 1. The lowest BCUT2D eigenvalue weighted by molar-refractivity contribution is 0.0783. The van der Waals surface area contributed by atoms with E-state index in [9.17, 15) is 17.6 Å². The number of ether oxygens (including phenoxy) is 1. The van der Waals surface area contributed by atoms with Crippen molar-refractivity contribution >= 4 is 38.4 Å². The molecule has 0 spiro atoms. The summed E-state index contributed by atoms with van der Waals surface area (Å²) in [4.78, 5) is 17.5. The molecule has 2 heterocycles. The number of sulfonamides is 1. The summed E-state index contributed by atoms with van der Waals surface area (Å²) < 4.78 is 52.9. The van der Waals surface area contributed by atoms with E-state index in [-0.39, 0.29) is 36.0 Å². The molecule has 208 valence electrons. The standard InChI is InChI=1S/C30H30FN3O5S/c1-6-23(38-18-20-10-8-7-9-11-20)17-34(40(5,36)37)28-24(19(2)3)16-25-26(29(35)32-4)27(39-30(25)33-28)21-12-14-22(31)15-13-21/h6-16,23H,1-2,17-18H2,3-5H3,(H,32,35)/t23-/m0/s1. The average Bonchev–Trinajstić information content (AvgIpc) is 3.30. The molecule has 4 aromatic rings. The van der Waals surface area contributed by atoms with Crippen LogP contribution >= 0.6 is 0 Å². The van der Waals surface area contributed by atoms with Crippen LogP contribution in [0, 0.1) is 5.82 Å². The maximum atomic E-state index is 13.6. The van der Waals surface area contributed by atoms with Crippen molar-refractivity contribution in [3.05, 3.63) is 102 Å². The smallest absolute Gasteiger partial charge is 0.255 e. The van der Waals surface area contributed by atoms with E-state index in [0.717, 1.165) is 16.1 Å². The fourth-order valence-electron chi connectivity index (χ4n) is 4.19. The van der Waals surface area contributed by atoms with Gasteiger partial charge >= 0.3 is 0 Å². The molecule has 1 atom stereocenters. The van der Waals surface area contributed by atoms with Crippen LogP contribution in [-0.2, 0) is 21.4 Å². The third kappa shape index (κ3) is 6.13. The molecule has 0 aliphatic carbocycles. The molecule has 0 saturated carbocycles. The second-order valence-corrected chi connectivity index (χ2v) is 11.2. The zero-order valence-corrected chi connectivity index (χ0v) is 23.3. The van der Waals surface area contributed by atoms with Gasteiger partial charge in [-0.1, -0.05) is 43.0 Å². The molecule has 0 aliphatic rings. The number of carbonyl (C=O) groups is 1. The first-order chi connectivity index (χ1) is 19.0. The van der Waals surface area contributed by atoms with E-state index < -0.39 is 27.9 Å². The molecule has 1 N–H and O–H groups in total. The highest BCUT2D eigenvalue weighted by molar-refractivity contribution is 7.92. The van der Waals surface area contributed by atoms with E-state index in [1.165, 1.54) is 37.4 Å². The normalized spacial score (nSPS) is 12.2. The van der Waals surface area contributed by atoms with Crippen LogP contribution in [-0.4, -0.2) is 45.3 Å². The van der Waals surface area contributed by atoms with E-state index in [4.69, 9.17) is 9.15 Å². The number of anilines is 1. The number of halogens is 1. The Morgan fingerprint density at radius 2 is 1.88 bits per heavy atom. The van der Waals surface area contributed by atoms with Gasteiger partial charge in [0.1, 0.15) is 11.6 Å². The molecular weight excluding hydrogens is 533 g/mol. The second kappa shape index (κ2) is 11.8. The van der Waals surface area contributed by atoms with Crippen LogP contribution in [0.4, 0.5) is 10.2 Å². The van der Waals surface area contributed by atoms with Crippen molar-refractivity contribution in [1.82, 2.24) is 10.3 Å². The van der Waals surface area contributed by atoms with Crippen molar-refractivity contribution in [2.75, 3.05) is 24.2 Å². The van der Waals surface area contributed by atoms with Gasteiger partial charge in [-0.3, -0.25) is 9.10 Å². The summed E-state index contributed by atoms with van der Waals surface area (Å²) >= 11 is 0. The Kier molecular flexibility index (Phi) is 8.51. The number of nitrogens with zero attached hydrogens (tertiary/aromatic N) is 2. The molecule has 2 aromatic carbocycles. The first-order valence-corrected chi connectivity index (χ1v) is 14.3. The van der Waals surface area contributed by atoms with Crippen molar-refractivity contribution in [3.8, 4) is 11.3 Å². The number of carbonyl (C=O) groups excluding carboxylic acids is 1. The van der Waals surface area contributed by atoms with Gasteiger partial charge < -0.3 is 14.5 Å². The van der Waals surface area contributed by atoms with Gasteiger partial charge in [-0.25, -0.2) is 12.8 Å². The Hall–Kier alpha value is -4.28. The van der Waals surface area contributed by atoms with E-state index >= 15 is 0 Å². The monoisotopic (exact) mass is 563 g/mol. The summed E-state index contributed by atoms with van der Waals surface area (Å²) in [6, 6.07) is 16.6. The highest BCUT2D eigenvalue weighted by Gasteiger charge is 2.29. The Labute approximate surface area is 232 Å². The van der Waals surface area contributed by atoms with Gasteiger partial charge in [0.15, 0.2) is 5.82 Å². The maximum Gasteiger partial charge on any atom is 0.255 e. The predicted octanol–water partition coefficient (Wildman–Crippen LogP) is 5.56. The summed E-state index contributed by atoms with van der Waals surface area (Å²) in [6.07, 6.45) is 1.93.